The highest BCUT2D eigenvalue weighted by Gasteiger charge is 2.47. The second-order valence-corrected chi connectivity index (χ2v) is 10.7. The van der Waals surface area contributed by atoms with Crippen molar-refractivity contribution in [3.8, 4) is 5.75 Å². The molecule has 0 amide bonds. The number of quaternary nitrogens is 2. The minimum absolute atomic E-state index is 0. The molecule has 0 spiro atoms. The topological polar surface area (TPSA) is 13.7 Å². The minimum Gasteiger partial charge on any atom is -1.00 e. The lowest BCUT2D eigenvalue weighted by atomic mass is 9.74. The molecule has 3 nitrogen and oxygen atoms in total. The Morgan fingerprint density at radius 2 is 1.18 bits per heavy atom. The Kier molecular flexibility index (Phi) is 17.1. The van der Waals surface area contributed by atoms with Gasteiger partial charge in [-0.25, -0.2) is 0 Å². The van der Waals surface area contributed by atoms with Crippen LogP contribution in [0.1, 0.15) is 46.1 Å². The van der Waals surface area contributed by atoms with Gasteiger partial charge < -0.3 is 43.5 Å². The van der Waals surface area contributed by atoms with Crippen LogP contribution in [0.5, 0.6) is 5.75 Å². The van der Waals surface area contributed by atoms with Crippen LogP contribution in [0.25, 0.3) is 0 Å². The van der Waals surface area contributed by atoms with Crippen molar-refractivity contribution in [1.82, 2.24) is 0 Å². The van der Waals surface area contributed by atoms with E-state index in [1.807, 2.05) is 30.3 Å². The lowest BCUT2D eigenvalue weighted by Crippen LogP contribution is -3.02. The summed E-state index contributed by atoms with van der Waals surface area (Å²) in [6.07, 6.45) is 2.35. The molecule has 2 aromatic rings. The Bertz CT molecular complexity index is 708. The van der Waals surface area contributed by atoms with E-state index in [1.54, 1.807) is 0 Å². The number of likely N-dealkylation sites (N-methyl/N-ethyl adjacent to an activating group) is 1. The van der Waals surface area contributed by atoms with Gasteiger partial charge in [-0.1, -0.05) is 76.2 Å². The minimum atomic E-state index is 0. The van der Waals surface area contributed by atoms with E-state index in [9.17, 15) is 0 Å². The van der Waals surface area contributed by atoms with E-state index in [4.69, 9.17) is 4.74 Å². The maximum Gasteiger partial charge on any atom is 0.137 e. The van der Waals surface area contributed by atoms with Crippen molar-refractivity contribution in [1.29, 1.82) is 0 Å². The molecule has 0 aromatic heterocycles. The molecule has 0 saturated carbocycles. The zero-order valence-corrected chi connectivity index (χ0v) is 24.7. The van der Waals surface area contributed by atoms with Crippen molar-refractivity contribution >= 4 is 0 Å². The number of hydrogen-bond acceptors (Lipinski definition) is 1. The molecule has 0 fully saturated rings. The van der Waals surface area contributed by atoms with Gasteiger partial charge in [0, 0.05) is 18.4 Å². The van der Waals surface area contributed by atoms with Gasteiger partial charge in [0.05, 0.1) is 35.2 Å². The van der Waals surface area contributed by atoms with Gasteiger partial charge in [-0.05, 0) is 24.0 Å². The number of nitrogens with one attached hydrogen (secondary N) is 1. The van der Waals surface area contributed by atoms with Crippen molar-refractivity contribution in [2.45, 2.75) is 46.1 Å². The van der Waals surface area contributed by atoms with Crippen LogP contribution in [0.3, 0.4) is 0 Å². The summed E-state index contributed by atoms with van der Waals surface area (Å²) < 4.78 is 7.00. The first-order chi connectivity index (χ1) is 14.5. The number of halogens is 2. The van der Waals surface area contributed by atoms with Crippen LogP contribution < -0.4 is 39.0 Å². The fourth-order valence-electron chi connectivity index (χ4n) is 4.38. The smallest absolute Gasteiger partial charge is 0.137 e. The van der Waals surface area contributed by atoms with Crippen molar-refractivity contribution in [2.75, 3.05) is 48.4 Å². The van der Waals surface area contributed by atoms with E-state index in [-0.39, 0.29) is 34.9 Å². The van der Waals surface area contributed by atoms with E-state index in [0.717, 1.165) is 23.4 Å². The third-order valence-corrected chi connectivity index (χ3v) is 5.62. The summed E-state index contributed by atoms with van der Waals surface area (Å²) in [6.45, 7) is 11.1. The Balaban J connectivity index is 0. The Morgan fingerprint density at radius 1 is 0.788 bits per heavy atom. The average Bonchev–Trinajstić information content (AvgIpc) is 2.67. The summed E-state index contributed by atoms with van der Waals surface area (Å²) >= 11 is 0. The van der Waals surface area contributed by atoms with Crippen LogP contribution in [-0.2, 0) is 5.54 Å². The fraction of sp³-hybridized carbons (Fsp3) is 0.571. The molecule has 5 heteroatoms. The Labute approximate surface area is 221 Å². The number of rotatable bonds is 10. The molecule has 33 heavy (non-hydrogen) atoms. The summed E-state index contributed by atoms with van der Waals surface area (Å²) in [4.78, 5) is 1.42. The summed E-state index contributed by atoms with van der Waals surface area (Å²) in [5.74, 6) is 2.23. The summed E-state index contributed by atoms with van der Waals surface area (Å²) in [5.41, 5.74) is 1.54. The summed E-state index contributed by atoms with van der Waals surface area (Å²) in [6, 6.07) is 21.3. The molecule has 2 aromatic carbocycles. The van der Waals surface area contributed by atoms with Crippen molar-refractivity contribution in [3.05, 3.63) is 66.2 Å². The zero-order chi connectivity index (χ0) is 23.5. The van der Waals surface area contributed by atoms with Crippen molar-refractivity contribution in [3.63, 3.8) is 0 Å². The summed E-state index contributed by atoms with van der Waals surface area (Å²) in [5, 5.41) is 0. The van der Waals surface area contributed by atoms with Gasteiger partial charge in [0.1, 0.15) is 24.4 Å². The number of ether oxygens (including phenoxy) is 1. The SMILES string of the molecule is CC(C)CC(CC(C)C)(c1ccccc1)[N+](C)(C)CCOc1ccccc1.C[NH+](C)C.[Br-].[Cl-]. The predicted molar refractivity (Wildman–Crippen MR) is 135 cm³/mol. The van der Waals surface area contributed by atoms with Crippen LogP contribution in [0.2, 0.25) is 0 Å². The number of para-hydroxylation sites is 1. The van der Waals surface area contributed by atoms with Gasteiger partial charge in [-0.3, -0.25) is 0 Å². The maximum absolute atomic E-state index is 6.07. The molecule has 0 bridgehead atoms. The van der Waals surface area contributed by atoms with Crippen LogP contribution >= 0.6 is 0 Å². The second-order valence-electron chi connectivity index (χ2n) is 10.7. The van der Waals surface area contributed by atoms with Crippen molar-refractivity contribution < 1.29 is 43.5 Å². The summed E-state index contributed by atoms with van der Waals surface area (Å²) in [7, 11) is 11.0. The molecule has 0 saturated heterocycles. The van der Waals surface area contributed by atoms with Gasteiger partial charge in [-0.15, -0.1) is 0 Å². The number of benzene rings is 2. The van der Waals surface area contributed by atoms with Gasteiger partial charge >= 0.3 is 0 Å². The third-order valence-electron chi connectivity index (χ3n) is 5.62. The maximum atomic E-state index is 6.07. The second kappa shape index (κ2) is 16.5. The van der Waals surface area contributed by atoms with E-state index < -0.39 is 0 Å². The molecule has 2 rings (SSSR count). The van der Waals surface area contributed by atoms with E-state index in [0.29, 0.717) is 11.8 Å². The first-order valence-corrected chi connectivity index (χ1v) is 11.8. The molecule has 0 heterocycles. The quantitative estimate of drug-likeness (QED) is 0.376. The third kappa shape index (κ3) is 11.8. The zero-order valence-electron chi connectivity index (χ0n) is 22.4. The predicted octanol–water partition coefficient (Wildman–Crippen LogP) is -1.10. The molecule has 0 aliphatic carbocycles. The van der Waals surface area contributed by atoms with E-state index in [2.05, 4.69) is 93.3 Å². The number of hydrogen-bond donors (Lipinski definition) is 1. The van der Waals surface area contributed by atoms with Crippen LogP contribution in [0.15, 0.2) is 60.7 Å². The lowest BCUT2D eigenvalue weighted by molar-refractivity contribution is -0.952. The standard InChI is InChI=1S/C25H38NO.C3H9N.BrH.ClH/c1-21(2)19-25(20-22(3)4,23-13-9-7-10-14-23)26(5,6)17-18-27-24-15-11-8-12-16-24;1-4(2)3;;/h7-16,21-22H,17-20H2,1-6H3;1-3H3;2*1H/q+1;;;/p-1. The van der Waals surface area contributed by atoms with Crippen molar-refractivity contribution in [2.24, 2.45) is 11.8 Å². The molecular weight excluding hydrogens is 496 g/mol. The molecule has 0 aliphatic rings. The molecule has 0 aliphatic heterocycles. The van der Waals surface area contributed by atoms with Gasteiger partial charge in [0.15, 0.2) is 0 Å². The Hall–Kier alpha value is -1.07. The molecule has 0 unspecified atom stereocenters. The van der Waals surface area contributed by atoms with Crippen LogP contribution in [-0.4, -0.2) is 52.9 Å². The van der Waals surface area contributed by atoms with E-state index >= 15 is 0 Å². The Morgan fingerprint density at radius 3 is 1.58 bits per heavy atom. The first-order valence-electron chi connectivity index (χ1n) is 11.8. The lowest BCUT2D eigenvalue weighted by Gasteiger charge is -2.51. The molecule has 1 N–H and O–H groups in total. The molecule has 0 radical (unpaired) electrons. The average molecular weight is 544 g/mol. The monoisotopic (exact) mass is 542 g/mol. The molecule has 0 atom stereocenters. The first kappa shape index (κ1) is 34.1. The van der Waals surface area contributed by atoms with Crippen LogP contribution in [0.4, 0.5) is 0 Å². The normalized spacial score (nSPS) is 11.4. The van der Waals surface area contributed by atoms with Gasteiger partial charge in [0.2, 0.25) is 0 Å². The largest absolute Gasteiger partial charge is 1.00 e. The highest BCUT2D eigenvalue weighted by atomic mass is 79.9. The molecular formula is C28H48BrClN2O. The number of nitrogens with zero attached hydrogens (tertiary/aromatic N) is 1. The van der Waals surface area contributed by atoms with Gasteiger partial charge in [0.25, 0.3) is 0 Å². The van der Waals surface area contributed by atoms with Crippen LogP contribution in [0, 0.1) is 11.8 Å². The van der Waals surface area contributed by atoms with E-state index in [1.165, 1.54) is 23.3 Å². The highest BCUT2D eigenvalue weighted by molar-refractivity contribution is 5.23. The fourth-order valence-corrected chi connectivity index (χ4v) is 4.38. The highest BCUT2D eigenvalue weighted by Crippen LogP contribution is 2.43. The van der Waals surface area contributed by atoms with Gasteiger partial charge in [-0.2, -0.15) is 0 Å². The molecule has 190 valence electrons.